The van der Waals surface area contributed by atoms with Gasteiger partial charge < -0.3 is 10.2 Å². The third kappa shape index (κ3) is 1.67. The molecular formula is C12H12ClN3O2. The highest BCUT2D eigenvalue weighted by Crippen LogP contribution is 2.27. The Bertz CT molecular complexity index is 496. The molecule has 0 aliphatic carbocycles. The lowest BCUT2D eigenvalue weighted by Crippen LogP contribution is -2.51. The van der Waals surface area contributed by atoms with Crippen LogP contribution in [0.25, 0.3) is 0 Å². The number of halogens is 1. The lowest BCUT2D eigenvalue weighted by atomic mass is 10.2. The third-order valence-corrected chi connectivity index (χ3v) is 3.49. The van der Waals surface area contributed by atoms with Crippen molar-refractivity contribution in [3.63, 3.8) is 0 Å². The Hall–Kier alpha value is -1.59. The first-order valence-electron chi connectivity index (χ1n) is 5.79. The van der Waals surface area contributed by atoms with E-state index in [1.54, 1.807) is 29.2 Å². The van der Waals surface area contributed by atoms with Crippen LogP contribution >= 0.6 is 11.6 Å². The first-order valence-corrected chi connectivity index (χ1v) is 6.17. The monoisotopic (exact) mass is 265 g/mol. The highest BCUT2D eigenvalue weighted by atomic mass is 35.5. The highest BCUT2D eigenvalue weighted by molar-refractivity contribution is 6.31. The van der Waals surface area contributed by atoms with Crippen LogP contribution in [0.15, 0.2) is 24.3 Å². The van der Waals surface area contributed by atoms with Gasteiger partial charge in [0.2, 0.25) is 0 Å². The molecule has 1 aromatic carbocycles. The zero-order valence-electron chi connectivity index (χ0n) is 9.60. The summed E-state index contributed by atoms with van der Waals surface area (Å²) in [5.74, 6) is -0.186. The third-order valence-electron chi connectivity index (χ3n) is 3.25. The number of imide groups is 1. The second kappa shape index (κ2) is 4.26. The van der Waals surface area contributed by atoms with Crippen LogP contribution < -0.4 is 10.2 Å². The van der Waals surface area contributed by atoms with Crippen LogP contribution in [0.1, 0.15) is 0 Å². The summed E-state index contributed by atoms with van der Waals surface area (Å²) in [4.78, 5) is 27.3. The number of benzene rings is 1. The summed E-state index contributed by atoms with van der Waals surface area (Å²) >= 11 is 5.90. The van der Waals surface area contributed by atoms with E-state index in [9.17, 15) is 9.59 Å². The summed E-state index contributed by atoms with van der Waals surface area (Å²) < 4.78 is 0. The molecule has 2 fully saturated rings. The average molecular weight is 266 g/mol. The maximum Gasteiger partial charge on any atom is 0.332 e. The number of fused-ring (bicyclic) bond motifs is 1. The molecule has 5 nitrogen and oxygen atoms in total. The van der Waals surface area contributed by atoms with Gasteiger partial charge in [-0.2, -0.15) is 0 Å². The molecule has 2 aliphatic rings. The molecule has 1 aromatic rings. The van der Waals surface area contributed by atoms with Crippen LogP contribution in [-0.2, 0) is 4.79 Å². The van der Waals surface area contributed by atoms with Crippen molar-refractivity contribution in [2.75, 3.05) is 24.5 Å². The zero-order chi connectivity index (χ0) is 12.7. The van der Waals surface area contributed by atoms with Crippen LogP contribution in [0.3, 0.4) is 0 Å². The van der Waals surface area contributed by atoms with E-state index in [-0.39, 0.29) is 18.0 Å². The Morgan fingerprint density at radius 1 is 1.33 bits per heavy atom. The van der Waals surface area contributed by atoms with Crippen molar-refractivity contribution >= 4 is 29.2 Å². The quantitative estimate of drug-likeness (QED) is 0.773. The van der Waals surface area contributed by atoms with E-state index in [0.717, 1.165) is 6.54 Å². The molecule has 0 bridgehead atoms. The number of rotatable bonds is 1. The standard InChI is InChI=1S/C12H12ClN3O2/c13-8-2-1-3-9(6-8)16-11(17)10-7-14-4-5-15(10)12(16)18/h1-3,6,10,14H,4-5,7H2. The van der Waals surface area contributed by atoms with Crippen LogP contribution in [0.2, 0.25) is 5.02 Å². The van der Waals surface area contributed by atoms with Gasteiger partial charge in [0.15, 0.2) is 0 Å². The minimum atomic E-state index is -0.384. The van der Waals surface area contributed by atoms with Crippen molar-refractivity contribution in [3.05, 3.63) is 29.3 Å². The molecule has 0 radical (unpaired) electrons. The normalized spacial score (nSPS) is 23.5. The summed E-state index contributed by atoms with van der Waals surface area (Å²) in [7, 11) is 0. The minimum absolute atomic E-state index is 0.186. The van der Waals surface area contributed by atoms with Gasteiger partial charge in [0.25, 0.3) is 5.91 Å². The molecule has 0 aromatic heterocycles. The van der Waals surface area contributed by atoms with Crippen molar-refractivity contribution in [3.8, 4) is 0 Å². The second-order valence-corrected chi connectivity index (χ2v) is 4.79. The van der Waals surface area contributed by atoms with Crippen molar-refractivity contribution < 1.29 is 9.59 Å². The number of piperazine rings is 1. The second-order valence-electron chi connectivity index (χ2n) is 4.35. The molecule has 2 aliphatic heterocycles. The fourth-order valence-electron chi connectivity index (χ4n) is 2.38. The predicted molar refractivity (Wildman–Crippen MR) is 67.7 cm³/mol. The highest BCUT2D eigenvalue weighted by Gasteiger charge is 2.46. The number of nitrogens with zero attached hydrogens (tertiary/aromatic N) is 2. The Morgan fingerprint density at radius 3 is 2.89 bits per heavy atom. The molecule has 18 heavy (non-hydrogen) atoms. The van der Waals surface area contributed by atoms with Gasteiger partial charge in [0.1, 0.15) is 6.04 Å². The van der Waals surface area contributed by atoms with Gasteiger partial charge in [-0.3, -0.25) is 4.79 Å². The lowest BCUT2D eigenvalue weighted by Gasteiger charge is -2.26. The zero-order valence-corrected chi connectivity index (χ0v) is 10.4. The molecule has 1 N–H and O–H groups in total. The number of carbonyl (C=O) groups excluding carboxylic acids is 2. The summed E-state index contributed by atoms with van der Waals surface area (Å²) in [5, 5.41) is 3.63. The van der Waals surface area contributed by atoms with E-state index in [0.29, 0.717) is 23.8 Å². The van der Waals surface area contributed by atoms with Crippen molar-refractivity contribution in [2.24, 2.45) is 0 Å². The minimum Gasteiger partial charge on any atom is -0.312 e. The number of carbonyl (C=O) groups is 2. The molecule has 0 spiro atoms. The summed E-state index contributed by atoms with van der Waals surface area (Å²) in [5.41, 5.74) is 0.534. The Balaban J connectivity index is 1.97. The first-order chi connectivity index (χ1) is 8.68. The van der Waals surface area contributed by atoms with E-state index in [1.807, 2.05) is 0 Å². The molecule has 0 saturated carbocycles. The molecule has 2 heterocycles. The molecule has 94 valence electrons. The average Bonchev–Trinajstić information content (AvgIpc) is 2.63. The molecule has 3 rings (SSSR count). The summed E-state index contributed by atoms with van der Waals surface area (Å²) in [6.07, 6.45) is 0. The molecule has 1 unspecified atom stereocenters. The van der Waals surface area contributed by atoms with E-state index in [1.165, 1.54) is 4.90 Å². The van der Waals surface area contributed by atoms with Crippen molar-refractivity contribution in [2.45, 2.75) is 6.04 Å². The lowest BCUT2D eigenvalue weighted by molar-refractivity contribution is -0.119. The fourth-order valence-corrected chi connectivity index (χ4v) is 2.56. The molecule has 6 heteroatoms. The van der Waals surface area contributed by atoms with E-state index >= 15 is 0 Å². The van der Waals surface area contributed by atoms with E-state index in [2.05, 4.69) is 5.32 Å². The SMILES string of the molecule is O=C1C2CNCCN2C(=O)N1c1cccc(Cl)c1. The number of anilines is 1. The molecule has 1 atom stereocenters. The van der Waals surface area contributed by atoms with Crippen LogP contribution in [-0.4, -0.2) is 42.5 Å². The van der Waals surface area contributed by atoms with Gasteiger partial charge in [0, 0.05) is 24.7 Å². The maximum absolute atomic E-state index is 12.2. The van der Waals surface area contributed by atoms with Gasteiger partial charge >= 0.3 is 6.03 Å². The predicted octanol–water partition coefficient (Wildman–Crippen LogP) is 1.08. The Morgan fingerprint density at radius 2 is 2.17 bits per heavy atom. The van der Waals surface area contributed by atoms with Crippen molar-refractivity contribution in [1.29, 1.82) is 0 Å². The Labute approximate surface area is 109 Å². The number of amides is 3. The maximum atomic E-state index is 12.2. The van der Waals surface area contributed by atoms with E-state index < -0.39 is 0 Å². The van der Waals surface area contributed by atoms with Gasteiger partial charge in [0.05, 0.1) is 5.69 Å². The Kier molecular flexibility index (Phi) is 2.72. The van der Waals surface area contributed by atoms with Crippen LogP contribution in [0.5, 0.6) is 0 Å². The van der Waals surface area contributed by atoms with Gasteiger partial charge in [-0.25, -0.2) is 9.69 Å². The molecular weight excluding hydrogens is 254 g/mol. The van der Waals surface area contributed by atoms with Crippen molar-refractivity contribution in [1.82, 2.24) is 10.2 Å². The van der Waals surface area contributed by atoms with Gasteiger partial charge in [-0.05, 0) is 18.2 Å². The molecule has 2 saturated heterocycles. The first kappa shape index (κ1) is 11.5. The number of hydrogen-bond acceptors (Lipinski definition) is 3. The number of urea groups is 1. The number of hydrogen-bond donors (Lipinski definition) is 1. The fraction of sp³-hybridized carbons (Fsp3) is 0.333. The summed E-state index contributed by atoms with van der Waals surface area (Å²) in [6.45, 7) is 1.80. The smallest absolute Gasteiger partial charge is 0.312 e. The molecule has 3 amide bonds. The van der Waals surface area contributed by atoms with Crippen LogP contribution in [0.4, 0.5) is 10.5 Å². The van der Waals surface area contributed by atoms with Gasteiger partial charge in [-0.1, -0.05) is 17.7 Å². The van der Waals surface area contributed by atoms with E-state index in [4.69, 9.17) is 11.6 Å². The number of nitrogens with one attached hydrogen (secondary N) is 1. The summed E-state index contributed by atoms with van der Waals surface area (Å²) in [6, 6.07) is 6.15. The largest absolute Gasteiger partial charge is 0.332 e. The topological polar surface area (TPSA) is 52.7 Å². The van der Waals surface area contributed by atoms with Crippen LogP contribution in [0, 0.1) is 0 Å². The van der Waals surface area contributed by atoms with Gasteiger partial charge in [-0.15, -0.1) is 0 Å².